The zero-order valence-corrected chi connectivity index (χ0v) is 19.4. The monoisotopic (exact) mass is 407 g/mol. The molecule has 0 aromatic rings. The van der Waals surface area contributed by atoms with Gasteiger partial charge in [0.25, 0.3) is 0 Å². The summed E-state index contributed by atoms with van der Waals surface area (Å²) in [7, 11) is 1.71. The zero-order chi connectivity index (χ0) is 18.0. The average Bonchev–Trinajstić information content (AvgIpc) is 2.55. The number of methoxy groups -OCH3 is 1. The van der Waals surface area contributed by atoms with Crippen LogP contribution in [0.5, 0.6) is 0 Å². The first-order valence-corrected chi connectivity index (χ1v) is 13.4. The van der Waals surface area contributed by atoms with Gasteiger partial charge in [0.05, 0.1) is 0 Å². The molecule has 0 N–H and O–H groups in total. The van der Waals surface area contributed by atoms with Crippen molar-refractivity contribution < 1.29 is 29.1 Å². The Labute approximate surface area is 150 Å². The third-order valence-corrected chi connectivity index (χ3v) is 16.2. The van der Waals surface area contributed by atoms with Crippen LogP contribution in [-0.2, 0) is 29.1 Å². The van der Waals surface area contributed by atoms with Crippen molar-refractivity contribution in [3.8, 4) is 0 Å². The molecule has 0 radical (unpaired) electrons. The molecule has 0 aromatic carbocycles. The fourth-order valence-electron chi connectivity index (χ4n) is 3.17. The third-order valence-electron chi connectivity index (χ3n) is 4.35. The number of rotatable bonds is 12. The molecular formula is C17H39N3O2Zr. The summed E-state index contributed by atoms with van der Waals surface area (Å²) in [6, 6.07) is 0. The van der Waals surface area contributed by atoms with Gasteiger partial charge in [0.1, 0.15) is 0 Å². The molecule has 0 fully saturated rings. The summed E-state index contributed by atoms with van der Waals surface area (Å²) in [4.78, 5) is 0. The molecule has 23 heavy (non-hydrogen) atoms. The van der Waals surface area contributed by atoms with Gasteiger partial charge in [-0.3, -0.25) is 0 Å². The van der Waals surface area contributed by atoms with E-state index >= 15 is 0 Å². The van der Waals surface area contributed by atoms with Gasteiger partial charge in [0.2, 0.25) is 0 Å². The number of hydrogen-bond donors (Lipinski definition) is 0. The molecule has 0 heterocycles. The predicted octanol–water partition coefficient (Wildman–Crippen LogP) is 3.74. The van der Waals surface area contributed by atoms with Crippen molar-refractivity contribution in [3.05, 3.63) is 11.5 Å². The van der Waals surface area contributed by atoms with Crippen LogP contribution in [0.15, 0.2) is 11.5 Å². The van der Waals surface area contributed by atoms with Crippen molar-refractivity contribution in [1.29, 1.82) is 0 Å². The first-order chi connectivity index (χ1) is 10.9. The van der Waals surface area contributed by atoms with Crippen molar-refractivity contribution in [1.82, 2.24) is 8.53 Å². The van der Waals surface area contributed by atoms with Crippen molar-refractivity contribution in [2.75, 3.05) is 46.4 Å². The normalized spacial score (nSPS) is 12.2. The summed E-state index contributed by atoms with van der Waals surface area (Å²) in [5.41, 5.74) is 1.10. The molecule has 0 aliphatic carbocycles. The first-order valence-electron chi connectivity index (χ1n) is 9.08. The Morgan fingerprint density at radius 2 is 1.00 bits per heavy atom. The molecule has 0 bridgehead atoms. The Balaban J connectivity index is 6.27. The van der Waals surface area contributed by atoms with E-state index in [1.807, 2.05) is 0 Å². The summed E-state index contributed by atoms with van der Waals surface area (Å²) in [6.07, 6.45) is 0. The van der Waals surface area contributed by atoms with E-state index < -0.39 is 21.6 Å². The van der Waals surface area contributed by atoms with Crippen molar-refractivity contribution in [2.45, 2.75) is 55.4 Å². The Kier molecular flexibility index (Phi) is 11.7. The fourth-order valence-corrected chi connectivity index (χ4v) is 14.5. The standard InChI is InChI=1S/C5H10O2.3C4H10N.Zr/c1-4(2)5(6)7-3;3*1-3-5-4-2;/h6H,1-3H3;3*3-4H2,1-2H3;/q;3*-1;+4/p-1. The number of hydrogen-bond acceptors (Lipinski definition) is 5. The maximum absolute atomic E-state index is 6.83. The Hall–Kier alpha value is 0.103. The van der Waals surface area contributed by atoms with Crippen molar-refractivity contribution in [2.24, 2.45) is 0 Å². The van der Waals surface area contributed by atoms with Gasteiger partial charge in [-0.2, -0.15) is 0 Å². The molecule has 0 amide bonds. The SMILES string of the molecule is CC[N](CC)[Zr]([O]C(OC)=C(C)C)([N](CC)CC)[N](CC)CC. The molecule has 0 saturated heterocycles. The third kappa shape index (κ3) is 5.29. The van der Waals surface area contributed by atoms with E-state index in [2.05, 4.69) is 63.9 Å². The molecule has 5 nitrogen and oxygen atoms in total. The fraction of sp³-hybridized carbons (Fsp3) is 0.882. The quantitative estimate of drug-likeness (QED) is 0.459. The molecule has 138 valence electrons. The Morgan fingerprint density at radius 1 is 0.696 bits per heavy atom. The number of ether oxygens (including phenoxy) is 1. The molecule has 6 heteroatoms. The minimum atomic E-state index is -3.48. The number of nitrogens with zero attached hydrogens (tertiary/aromatic N) is 3. The molecule has 0 saturated carbocycles. The van der Waals surface area contributed by atoms with Crippen LogP contribution in [0, 0.1) is 0 Å². The first kappa shape index (κ1) is 23.1. The summed E-state index contributed by atoms with van der Waals surface area (Å²) < 4.78 is 20.2. The van der Waals surface area contributed by atoms with Gasteiger partial charge in [-0.25, -0.2) is 0 Å². The van der Waals surface area contributed by atoms with Gasteiger partial charge in [-0.05, 0) is 0 Å². The van der Waals surface area contributed by atoms with E-state index in [9.17, 15) is 0 Å². The summed E-state index contributed by atoms with van der Waals surface area (Å²) in [6.45, 7) is 23.5. The van der Waals surface area contributed by atoms with Crippen LogP contribution in [0.4, 0.5) is 0 Å². The second-order valence-corrected chi connectivity index (χ2v) is 13.7. The van der Waals surface area contributed by atoms with E-state index in [1.54, 1.807) is 7.11 Å². The van der Waals surface area contributed by atoms with Crippen LogP contribution in [0.25, 0.3) is 0 Å². The second-order valence-electron chi connectivity index (χ2n) is 5.68. The molecule has 0 unspecified atom stereocenters. The zero-order valence-electron chi connectivity index (χ0n) is 16.9. The summed E-state index contributed by atoms with van der Waals surface area (Å²) >= 11 is -3.48. The molecule has 0 aliphatic rings. The molecule has 0 spiro atoms. The van der Waals surface area contributed by atoms with Crippen LogP contribution in [0.3, 0.4) is 0 Å². The van der Waals surface area contributed by atoms with Gasteiger partial charge >= 0.3 is 151 Å². The van der Waals surface area contributed by atoms with Crippen molar-refractivity contribution >= 4 is 0 Å². The van der Waals surface area contributed by atoms with Crippen LogP contribution in [-0.4, -0.2) is 54.9 Å². The van der Waals surface area contributed by atoms with Crippen LogP contribution >= 0.6 is 0 Å². The van der Waals surface area contributed by atoms with E-state index in [1.165, 1.54) is 0 Å². The van der Waals surface area contributed by atoms with E-state index in [-0.39, 0.29) is 0 Å². The van der Waals surface area contributed by atoms with Gasteiger partial charge < -0.3 is 0 Å². The maximum atomic E-state index is 6.83. The predicted molar refractivity (Wildman–Crippen MR) is 95.2 cm³/mol. The average molecular weight is 409 g/mol. The molecule has 0 atom stereocenters. The Bertz CT molecular complexity index is 316. The molecular weight excluding hydrogens is 369 g/mol. The van der Waals surface area contributed by atoms with Crippen LogP contribution in [0.1, 0.15) is 55.4 Å². The summed E-state index contributed by atoms with van der Waals surface area (Å²) in [5.74, 6) is 0.700. The number of allylic oxidation sites excluding steroid dienone is 1. The van der Waals surface area contributed by atoms with Crippen LogP contribution in [0.2, 0.25) is 0 Å². The molecule has 0 rings (SSSR count). The van der Waals surface area contributed by atoms with E-state index in [0.717, 1.165) is 44.8 Å². The van der Waals surface area contributed by atoms with Gasteiger partial charge in [0, 0.05) is 0 Å². The topological polar surface area (TPSA) is 28.2 Å². The van der Waals surface area contributed by atoms with Gasteiger partial charge in [-0.15, -0.1) is 0 Å². The second kappa shape index (κ2) is 11.6. The van der Waals surface area contributed by atoms with Crippen molar-refractivity contribution in [3.63, 3.8) is 0 Å². The van der Waals surface area contributed by atoms with Crippen LogP contribution < -0.4 is 0 Å². The van der Waals surface area contributed by atoms with E-state index in [0.29, 0.717) is 5.95 Å². The summed E-state index contributed by atoms with van der Waals surface area (Å²) in [5, 5.41) is 0. The Morgan fingerprint density at radius 3 is 1.17 bits per heavy atom. The van der Waals surface area contributed by atoms with E-state index in [4.69, 9.17) is 7.55 Å². The molecule has 0 aromatic heterocycles. The minimum absolute atomic E-state index is 0.700. The van der Waals surface area contributed by atoms with Gasteiger partial charge in [0.15, 0.2) is 0 Å². The molecule has 0 aliphatic heterocycles. The van der Waals surface area contributed by atoms with Gasteiger partial charge in [-0.1, -0.05) is 0 Å².